The van der Waals surface area contributed by atoms with Crippen LogP contribution in [0.2, 0.25) is 0 Å². The van der Waals surface area contributed by atoms with Crippen LogP contribution in [0.25, 0.3) is 0 Å². The SMILES string of the molecule is Cc1ccccc1C.Cc1ccccc1C.O=[C]OO. The minimum atomic E-state index is 0.736. The Morgan fingerprint density at radius 1 is 0.750 bits per heavy atom. The first-order valence-corrected chi connectivity index (χ1v) is 6.25. The van der Waals surface area contributed by atoms with E-state index in [1.165, 1.54) is 22.3 Å². The molecular formula is C17H21O3. The molecule has 0 aliphatic heterocycles. The minimum absolute atomic E-state index is 0.736. The molecule has 20 heavy (non-hydrogen) atoms. The van der Waals surface area contributed by atoms with Gasteiger partial charge in [0.25, 0.3) is 0 Å². The molecule has 2 aromatic carbocycles. The topological polar surface area (TPSA) is 46.5 Å². The summed E-state index contributed by atoms with van der Waals surface area (Å²) in [6.07, 6.45) is 0. The molecule has 0 aliphatic rings. The highest BCUT2D eigenvalue weighted by Gasteiger charge is 1.84. The monoisotopic (exact) mass is 273 g/mol. The Balaban J connectivity index is 0.000000289. The summed E-state index contributed by atoms with van der Waals surface area (Å²) in [7, 11) is 0. The summed E-state index contributed by atoms with van der Waals surface area (Å²) in [4.78, 5) is 11.3. The van der Waals surface area contributed by atoms with E-state index in [0.717, 1.165) is 6.47 Å². The molecule has 0 unspecified atom stereocenters. The van der Waals surface area contributed by atoms with Crippen LogP contribution in [0, 0.1) is 27.7 Å². The summed E-state index contributed by atoms with van der Waals surface area (Å²) in [5.74, 6) is 0. The first-order chi connectivity index (χ1) is 9.52. The van der Waals surface area contributed by atoms with Crippen molar-refractivity contribution >= 4 is 6.47 Å². The second-order valence-corrected chi connectivity index (χ2v) is 4.34. The van der Waals surface area contributed by atoms with E-state index in [4.69, 9.17) is 10.1 Å². The maximum Gasteiger partial charge on any atom is 0.452 e. The molecule has 0 amide bonds. The van der Waals surface area contributed by atoms with E-state index < -0.39 is 0 Å². The molecule has 3 nitrogen and oxygen atoms in total. The lowest BCUT2D eigenvalue weighted by atomic mass is 10.1. The first-order valence-electron chi connectivity index (χ1n) is 6.25. The van der Waals surface area contributed by atoms with E-state index >= 15 is 0 Å². The molecule has 107 valence electrons. The van der Waals surface area contributed by atoms with E-state index in [9.17, 15) is 0 Å². The van der Waals surface area contributed by atoms with Crippen molar-refractivity contribution in [1.82, 2.24) is 0 Å². The number of aryl methyl sites for hydroxylation is 4. The Hall–Kier alpha value is -2.13. The molecule has 0 fully saturated rings. The van der Waals surface area contributed by atoms with Gasteiger partial charge >= 0.3 is 6.47 Å². The van der Waals surface area contributed by atoms with Crippen LogP contribution in [0.1, 0.15) is 22.3 Å². The number of hydrogen-bond donors (Lipinski definition) is 1. The Morgan fingerprint density at radius 3 is 1.05 bits per heavy atom. The van der Waals surface area contributed by atoms with Crippen molar-refractivity contribution < 1.29 is 14.9 Å². The van der Waals surface area contributed by atoms with Gasteiger partial charge in [-0.2, -0.15) is 5.26 Å². The molecule has 2 aromatic rings. The predicted octanol–water partition coefficient (Wildman–Crippen LogP) is 4.15. The zero-order valence-electron chi connectivity index (χ0n) is 12.4. The zero-order chi connectivity index (χ0) is 15.4. The Kier molecular flexibility index (Phi) is 9.62. The quantitative estimate of drug-likeness (QED) is 0.627. The maximum absolute atomic E-state index is 8.58. The third-order valence-corrected chi connectivity index (χ3v) is 2.89. The molecule has 2 rings (SSSR count). The molecule has 3 heteroatoms. The highest BCUT2D eigenvalue weighted by molar-refractivity contribution is 5.36. The molecule has 1 radical (unpaired) electrons. The molecule has 0 spiro atoms. The van der Waals surface area contributed by atoms with Crippen LogP contribution in [-0.4, -0.2) is 11.7 Å². The normalized spacial score (nSPS) is 8.45. The van der Waals surface area contributed by atoms with Crippen molar-refractivity contribution in [1.29, 1.82) is 0 Å². The fraction of sp³-hybridized carbons (Fsp3) is 0.235. The smallest absolute Gasteiger partial charge is 0.288 e. The van der Waals surface area contributed by atoms with E-state index in [0.29, 0.717) is 0 Å². The van der Waals surface area contributed by atoms with Gasteiger partial charge in [0.1, 0.15) is 0 Å². The van der Waals surface area contributed by atoms with Gasteiger partial charge in [-0.3, -0.25) is 4.89 Å². The van der Waals surface area contributed by atoms with Crippen molar-refractivity contribution in [3.8, 4) is 0 Å². The van der Waals surface area contributed by atoms with Gasteiger partial charge in [0, 0.05) is 0 Å². The van der Waals surface area contributed by atoms with Gasteiger partial charge in [-0.05, 0) is 49.9 Å². The van der Waals surface area contributed by atoms with Crippen molar-refractivity contribution in [2.75, 3.05) is 0 Å². The van der Waals surface area contributed by atoms with Crippen LogP contribution in [0.15, 0.2) is 48.5 Å². The average Bonchev–Trinajstić information content (AvgIpc) is 2.46. The van der Waals surface area contributed by atoms with Gasteiger partial charge < -0.3 is 0 Å². The fourth-order valence-corrected chi connectivity index (χ4v) is 1.33. The third-order valence-electron chi connectivity index (χ3n) is 2.89. The molecule has 0 saturated heterocycles. The molecule has 0 saturated carbocycles. The predicted molar refractivity (Wildman–Crippen MR) is 81.2 cm³/mol. The second kappa shape index (κ2) is 10.8. The maximum atomic E-state index is 8.58. The van der Waals surface area contributed by atoms with Crippen molar-refractivity contribution in [2.24, 2.45) is 0 Å². The Morgan fingerprint density at radius 2 is 0.950 bits per heavy atom. The first kappa shape index (κ1) is 17.9. The van der Waals surface area contributed by atoms with Crippen molar-refractivity contribution in [3.63, 3.8) is 0 Å². The molecular weight excluding hydrogens is 252 g/mol. The van der Waals surface area contributed by atoms with Crippen LogP contribution >= 0.6 is 0 Å². The van der Waals surface area contributed by atoms with E-state index in [1.54, 1.807) is 0 Å². The van der Waals surface area contributed by atoms with E-state index in [-0.39, 0.29) is 0 Å². The van der Waals surface area contributed by atoms with E-state index in [1.807, 2.05) is 0 Å². The zero-order valence-corrected chi connectivity index (χ0v) is 12.4. The van der Waals surface area contributed by atoms with Crippen LogP contribution in [0.4, 0.5) is 0 Å². The lowest BCUT2D eigenvalue weighted by Gasteiger charge is -1.93. The van der Waals surface area contributed by atoms with Crippen LogP contribution in [-0.2, 0) is 9.68 Å². The summed E-state index contributed by atoms with van der Waals surface area (Å²) in [6, 6.07) is 16.7. The van der Waals surface area contributed by atoms with Gasteiger partial charge in [-0.1, -0.05) is 48.5 Å². The lowest BCUT2D eigenvalue weighted by molar-refractivity contribution is -0.155. The van der Waals surface area contributed by atoms with Crippen molar-refractivity contribution in [3.05, 3.63) is 70.8 Å². The summed E-state index contributed by atoms with van der Waals surface area (Å²) in [5.41, 5.74) is 5.47. The second-order valence-electron chi connectivity index (χ2n) is 4.34. The molecule has 1 N–H and O–H groups in total. The summed E-state index contributed by atoms with van der Waals surface area (Å²) in [5, 5.41) is 6.95. The minimum Gasteiger partial charge on any atom is -0.288 e. The molecule has 0 bridgehead atoms. The fourth-order valence-electron chi connectivity index (χ4n) is 1.33. The van der Waals surface area contributed by atoms with Gasteiger partial charge in [0.2, 0.25) is 0 Å². The van der Waals surface area contributed by atoms with E-state index in [2.05, 4.69) is 81.1 Å². The number of hydrogen-bond acceptors (Lipinski definition) is 3. The summed E-state index contributed by atoms with van der Waals surface area (Å²) in [6.45, 7) is 9.22. The van der Waals surface area contributed by atoms with Crippen LogP contribution in [0.3, 0.4) is 0 Å². The molecule has 0 aliphatic carbocycles. The third kappa shape index (κ3) is 8.06. The van der Waals surface area contributed by atoms with Crippen molar-refractivity contribution in [2.45, 2.75) is 27.7 Å². The molecule has 0 atom stereocenters. The van der Waals surface area contributed by atoms with Crippen LogP contribution < -0.4 is 0 Å². The summed E-state index contributed by atoms with van der Waals surface area (Å²) >= 11 is 0. The number of carbonyl (C=O) groups excluding carboxylic acids is 1. The molecule has 0 aromatic heterocycles. The standard InChI is InChI=1S/2C8H10.CHO3/c2*1-7-5-3-4-6-8(7)2;2-1-4-3/h2*3-6H,1-2H3;3H. The highest BCUT2D eigenvalue weighted by Crippen LogP contribution is 2.03. The Labute approximate surface area is 120 Å². The molecule has 0 heterocycles. The summed E-state index contributed by atoms with van der Waals surface area (Å²) < 4.78 is 0. The largest absolute Gasteiger partial charge is 0.452 e. The van der Waals surface area contributed by atoms with Gasteiger partial charge in [-0.15, -0.1) is 0 Å². The highest BCUT2D eigenvalue weighted by atomic mass is 17.1. The van der Waals surface area contributed by atoms with Gasteiger partial charge in [0.15, 0.2) is 0 Å². The Bertz CT molecular complexity index is 422. The van der Waals surface area contributed by atoms with Crippen LogP contribution in [0.5, 0.6) is 0 Å². The number of rotatable bonds is 1. The number of benzene rings is 2. The lowest BCUT2D eigenvalue weighted by Crippen LogP contribution is -1.74. The van der Waals surface area contributed by atoms with Gasteiger partial charge in [0.05, 0.1) is 0 Å². The van der Waals surface area contributed by atoms with Gasteiger partial charge in [-0.25, -0.2) is 4.79 Å². The average molecular weight is 273 g/mol.